The molecule has 21 heavy (non-hydrogen) atoms. The molecule has 1 saturated carbocycles. The average molecular weight is 296 g/mol. The van der Waals surface area contributed by atoms with Crippen LogP contribution in [0, 0.1) is 5.92 Å². The van der Waals surface area contributed by atoms with Gasteiger partial charge in [0.2, 0.25) is 11.8 Å². The summed E-state index contributed by atoms with van der Waals surface area (Å²) in [6.07, 6.45) is 2.93. The van der Waals surface area contributed by atoms with Crippen molar-refractivity contribution in [2.45, 2.75) is 38.1 Å². The van der Waals surface area contributed by atoms with Crippen LogP contribution in [-0.2, 0) is 14.4 Å². The second-order valence-electron chi connectivity index (χ2n) is 5.83. The molecule has 8 heteroatoms. The van der Waals surface area contributed by atoms with E-state index in [-0.39, 0.29) is 12.5 Å². The van der Waals surface area contributed by atoms with Gasteiger partial charge >= 0.3 is 6.03 Å². The van der Waals surface area contributed by atoms with E-state index in [4.69, 9.17) is 5.73 Å². The molecule has 1 aliphatic heterocycles. The van der Waals surface area contributed by atoms with Gasteiger partial charge < -0.3 is 16.4 Å². The molecule has 116 valence electrons. The van der Waals surface area contributed by atoms with Crippen molar-refractivity contribution in [2.24, 2.45) is 11.7 Å². The first-order valence-corrected chi connectivity index (χ1v) is 7.03. The van der Waals surface area contributed by atoms with Gasteiger partial charge in [-0.05, 0) is 31.6 Å². The smallest absolute Gasteiger partial charge is 0.325 e. The highest BCUT2D eigenvalue weighted by Gasteiger charge is 2.52. The summed E-state index contributed by atoms with van der Waals surface area (Å²) in [6.45, 7) is 1.41. The molecule has 0 aromatic rings. The molecule has 0 radical (unpaired) electrons. The number of nitrogens with zero attached hydrogens (tertiary/aromatic N) is 1. The van der Waals surface area contributed by atoms with E-state index in [1.54, 1.807) is 0 Å². The van der Waals surface area contributed by atoms with Crippen LogP contribution in [-0.4, -0.2) is 47.3 Å². The van der Waals surface area contributed by atoms with Gasteiger partial charge in [-0.3, -0.25) is 19.3 Å². The van der Waals surface area contributed by atoms with Crippen molar-refractivity contribution in [2.75, 3.05) is 13.1 Å². The van der Waals surface area contributed by atoms with Crippen molar-refractivity contribution in [3.63, 3.8) is 0 Å². The summed E-state index contributed by atoms with van der Waals surface area (Å²) < 4.78 is 0. The molecule has 5 amide bonds. The molecule has 0 aromatic carbocycles. The first-order chi connectivity index (χ1) is 9.84. The second-order valence-corrected chi connectivity index (χ2v) is 5.83. The number of urea groups is 1. The predicted octanol–water partition coefficient (Wildman–Crippen LogP) is -0.911. The number of imide groups is 1. The Hall–Kier alpha value is -2.12. The van der Waals surface area contributed by atoms with Gasteiger partial charge in [-0.2, -0.15) is 0 Å². The van der Waals surface area contributed by atoms with Crippen LogP contribution in [0.4, 0.5) is 4.79 Å². The van der Waals surface area contributed by atoms with Gasteiger partial charge in [-0.15, -0.1) is 0 Å². The fourth-order valence-corrected chi connectivity index (χ4v) is 2.80. The van der Waals surface area contributed by atoms with Gasteiger partial charge in [0.15, 0.2) is 0 Å². The van der Waals surface area contributed by atoms with Crippen molar-refractivity contribution in [3.8, 4) is 0 Å². The highest BCUT2D eigenvalue weighted by Crippen LogP contribution is 2.36. The van der Waals surface area contributed by atoms with Crippen LogP contribution >= 0.6 is 0 Å². The van der Waals surface area contributed by atoms with E-state index in [2.05, 4.69) is 17.6 Å². The fraction of sp³-hybridized carbons (Fsp3) is 0.692. The van der Waals surface area contributed by atoms with E-state index in [0.29, 0.717) is 18.8 Å². The zero-order valence-corrected chi connectivity index (χ0v) is 12.0. The normalized spacial score (nSPS) is 28.6. The third-order valence-electron chi connectivity index (χ3n) is 4.14. The first kappa shape index (κ1) is 15.3. The molecule has 2 fully saturated rings. The summed E-state index contributed by atoms with van der Waals surface area (Å²) in [6, 6.07) is -0.552. The highest BCUT2D eigenvalue weighted by atomic mass is 16.2. The lowest BCUT2D eigenvalue weighted by molar-refractivity contribution is -0.136. The number of nitrogens with one attached hydrogen (secondary N) is 2. The van der Waals surface area contributed by atoms with E-state index in [1.165, 1.54) is 0 Å². The maximum absolute atomic E-state index is 12.4. The highest BCUT2D eigenvalue weighted by molar-refractivity contribution is 6.09. The van der Waals surface area contributed by atoms with Gasteiger partial charge in [0, 0.05) is 0 Å². The Morgan fingerprint density at radius 1 is 1.38 bits per heavy atom. The molecule has 0 atom stereocenters. The minimum atomic E-state index is -0.854. The molecule has 1 saturated heterocycles. The monoisotopic (exact) mass is 296 g/mol. The van der Waals surface area contributed by atoms with E-state index in [0.717, 1.165) is 17.7 Å². The second kappa shape index (κ2) is 5.71. The number of carbonyl (C=O) groups excluding carboxylic acids is 4. The third kappa shape index (κ3) is 3.14. The molecule has 0 bridgehead atoms. The zero-order valence-electron chi connectivity index (χ0n) is 12.0. The van der Waals surface area contributed by atoms with Gasteiger partial charge in [0.05, 0.1) is 6.54 Å². The van der Waals surface area contributed by atoms with Gasteiger partial charge in [0.25, 0.3) is 5.91 Å². The summed E-state index contributed by atoms with van der Waals surface area (Å²) in [7, 11) is 0. The number of nitrogens with two attached hydrogens (primary N) is 1. The minimum absolute atomic E-state index is 0.314. The predicted molar refractivity (Wildman–Crippen MR) is 72.8 cm³/mol. The van der Waals surface area contributed by atoms with E-state index in [1.807, 2.05) is 0 Å². The molecule has 0 aromatic heterocycles. The van der Waals surface area contributed by atoms with Crippen LogP contribution < -0.4 is 16.4 Å². The largest absolute Gasteiger partial charge is 0.368 e. The number of primary amides is 1. The van der Waals surface area contributed by atoms with Crippen LogP contribution in [0.15, 0.2) is 0 Å². The van der Waals surface area contributed by atoms with Gasteiger partial charge in [0.1, 0.15) is 12.1 Å². The van der Waals surface area contributed by atoms with Crippen LogP contribution in [0.2, 0.25) is 0 Å². The molecule has 1 aliphatic carbocycles. The molecule has 2 aliphatic rings. The first-order valence-electron chi connectivity index (χ1n) is 7.03. The summed E-state index contributed by atoms with van der Waals surface area (Å²) in [4.78, 5) is 47.5. The molecule has 2 rings (SSSR count). The number of rotatable bonds is 4. The van der Waals surface area contributed by atoms with Crippen LogP contribution in [0.3, 0.4) is 0 Å². The summed E-state index contributed by atoms with van der Waals surface area (Å²) >= 11 is 0. The van der Waals surface area contributed by atoms with Crippen molar-refractivity contribution in [1.29, 1.82) is 0 Å². The maximum atomic E-state index is 12.4. The number of amides is 5. The van der Waals surface area contributed by atoms with Crippen molar-refractivity contribution < 1.29 is 19.2 Å². The lowest BCUT2D eigenvalue weighted by Crippen LogP contribution is -2.50. The van der Waals surface area contributed by atoms with Crippen LogP contribution in [0.5, 0.6) is 0 Å². The lowest BCUT2D eigenvalue weighted by atomic mass is 9.77. The van der Waals surface area contributed by atoms with Crippen molar-refractivity contribution in [1.82, 2.24) is 15.5 Å². The Bertz CT molecular complexity index is 483. The van der Waals surface area contributed by atoms with E-state index < -0.39 is 29.9 Å². The fourth-order valence-electron chi connectivity index (χ4n) is 2.80. The Morgan fingerprint density at radius 2 is 2.00 bits per heavy atom. The summed E-state index contributed by atoms with van der Waals surface area (Å²) in [5.74, 6) is -1.08. The zero-order chi connectivity index (χ0) is 15.6. The number of carbonyl (C=O) groups is 4. The molecule has 1 spiro atoms. The lowest BCUT2D eigenvalue weighted by Gasteiger charge is -2.33. The summed E-state index contributed by atoms with van der Waals surface area (Å²) in [5.41, 5.74) is 4.06. The number of hydrogen-bond donors (Lipinski definition) is 3. The van der Waals surface area contributed by atoms with Crippen LogP contribution in [0.1, 0.15) is 32.6 Å². The number of hydrogen-bond acceptors (Lipinski definition) is 4. The molecular formula is C13H20N4O4. The topological polar surface area (TPSA) is 122 Å². The Labute approximate surface area is 122 Å². The minimum Gasteiger partial charge on any atom is -0.368 e. The summed E-state index contributed by atoms with van der Waals surface area (Å²) in [5, 5.41) is 4.99. The Balaban J connectivity index is 1.98. The standard InChI is InChI=1S/C13H20N4O4/c1-8-2-4-13(5-3-8)11(20)17(12(21)16-13)7-10(19)15-6-9(14)18/h8H,2-7H2,1H3,(H2,14,18)(H,15,19)(H,16,21). The Morgan fingerprint density at radius 3 is 2.57 bits per heavy atom. The maximum Gasteiger partial charge on any atom is 0.325 e. The third-order valence-corrected chi connectivity index (χ3v) is 4.14. The van der Waals surface area contributed by atoms with E-state index >= 15 is 0 Å². The van der Waals surface area contributed by atoms with Crippen LogP contribution in [0.25, 0.3) is 0 Å². The van der Waals surface area contributed by atoms with Gasteiger partial charge in [-0.25, -0.2) is 4.79 Å². The SMILES string of the molecule is CC1CCC2(CC1)NC(=O)N(CC(=O)NCC(N)=O)C2=O. The average Bonchev–Trinajstić information content (AvgIpc) is 2.65. The van der Waals surface area contributed by atoms with Gasteiger partial charge in [-0.1, -0.05) is 6.92 Å². The molecule has 1 heterocycles. The van der Waals surface area contributed by atoms with Crippen molar-refractivity contribution >= 4 is 23.8 Å². The molecule has 0 unspecified atom stereocenters. The molecule has 4 N–H and O–H groups in total. The molecular weight excluding hydrogens is 276 g/mol. The van der Waals surface area contributed by atoms with Crippen molar-refractivity contribution in [3.05, 3.63) is 0 Å². The Kier molecular flexibility index (Phi) is 4.15. The quantitative estimate of drug-likeness (QED) is 0.581. The molecule has 8 nitrogen and oxygen atoms in total. The van der Waals surface area contributed by atoms with E-state index in [9.17, 15) is 19.2 Å².